The summed E-state index contributed by atoms with van der Waals surface area (Å²) in [6.45, 7) is 2.23. The Kier molecular flexibility index (Phi) is 60.8. The fourth-order valence-electron chi connectivity index (χ4n) is 0.500. The maximum atomic E-state index is 2.23. The van der Waals surface area contributed by atoms with E-state index in [2.05, 4.69) is 14.8 Å². The molecule has 9 heavy (non-hydrogen) atoms. The van der Waals surface area contributed by atoms with Gasteiger partial charge in [0.25, 0.3) is 0 Å². The van der Waals surface area contributed by atoms with Crippen LogP contribution in [0.2, 0.25) is 6.32 Å². The Labute approximate surface area is 64.5 Å². The van der Waals surface area contributed by atoms with Crippen LogP contribution in [0.1, 0.15) is 26.2 Å². The zero-order valence-electron chi connectivity index (χ0n) is 6.24. The summed E-state index contributed by atoms with van der Waals surface area (Å²) in [5.74, 6) is 0. The number of unbranched alkanes of at least 4 members (excludes halogenated alkanes) is 2. The summed E-state index contributed by atoms with van der Waals surface area (Å²) in [4.78, 5) is 0. The van der Waals surface area contributed by atoms with E-state index < -0.39 is 0 Å². The topological polar surface area (TPSA) is 63.0 Å². The molecule has 0 aromatic heterocycles. The predicted molar refractivity (Wildman–Crippen MR) is 47.4 cm³/mol. The van der Waals surface area contributed by atoms with Gasteiger partial charge in [0, 0.05) is 0 Å². The lowest BCUT2D eigenvalue weighted by Gasteiger charge is -1.86. The first-order valence-electron chi connectivity index (χ1n) is 2.91. The van der Waals surface area contributed by atoms with Crippen molar-refractivity contribution in [2.24, 2.45) is 0 Å². The van der Waals surface area contributed by atoms with Gasteiger partial charge in [-0.05, 0) is 0 Å². The van der Waals surface area contributed by atoms with Gasteiger partial charge in [-0.2, -0.15) is 0 Å². The van der Waals surface area contributed by atoms with Crippen LogP contribution in [0.4, 0.5) is 0 Å². The third-order valence-electron chi connectivity index (χ3n) is 0.957. The van der Waals surface area contributed by atoms with Crippen LogP contribution < -0.4 is 0 Å². The molecular formula is C5H18BClO2. The van der Waals surface area contributed by atoms with Gasteiger partial charge in [0.15, 0.2) is 0 Å². The minimum Gasteiger partial charge on any atom is -0.412 e. The molecule has 0 saturated heterocycles. The summed E-state index contributed by atoms with van der Waals surface area (Å²) in [6, 6.07) is 0. The Hall–Kier alpha value is 0.275. The van der Waals surface area contributed by atoms with Crippen molar-refractivity contribution in [2.75, 3.05) is 0 Å². The lowest BCUT2D eigenvalue weighted by atomic mass is 10.00. The number of hydrogen-bond acceptors (Lipinski definition) is 0. The second-order valence-corrected chi connectivity index (χ2v) is 1.71. The zero-order valence-corrected chi connectivity index (χ0v) is 7.05. The van der Waals surface area contributed by atoms with E-state index in [1.807, 2.05) is 0 Å². The number of halogens is 1. The summed E-state index contributed by atoms with van der Waals surface area (Å²) in [5, 5.41) is 0. The minimum absolute atomic E-state index is 0. The van der Waals surface area contributed by atoms with E-state index >= 15 is 0 Å². The molecule has 0 fully saturated rings. The summed E-state index contributed by atoms with van der Waals surface area (Å²) >= 11 is 0. The maximum absolute atomic E-state index is 2.23. The van der Waals surface area contributed by atoms with Gasteiger partial charge in [-0.25, -0.2) is 0 Å². The van der Waals surface area contributed by atoms with Gasteiger partial charge in [-0.1, -0.05) is 32.5 Å². The molecule has 4 heteroatoms. The molecule has 0 heterocycles. The van der Waals surface area contributed by atoms with Crippen LogP contribution in [0.15, 0.2) is 0 Å². The zero-order chi connectivity index (χ0) is 4.83. The summed E-state index contributed by atoms with van der Waals surface area (Å²) in [5.41, 5.74) is 0. The Bertz CT molecular complexity index is 26.9. The van der Waals surface area contributed by atoms with Crippen molar-refractivity contribution in [1.29, 1.82) is 0 Å². The number of rotatable bonds is 3. The van der Waals surface area contributed by atoms with Crippen LogP contribution in [0.5, 0.6) is 0 Å². The molecule has 2 nitrogen and oxygen atoms in total. The molecular weight excluding hydrogens is 138 g/mol. The normalized spacial score (nSPS) is 5.89. The van der Waals surface area contributed by atoms with Gasteiger partial charge < -0.3 is 11.0 Å². The molecule has 0 unspecified atom stereocenters. The van der Waals surface area contributed by atoms with Crippen molar-refractivity contribution in [2.45, 2.75) is 32.5 Å². The Morgan fingerprint density at radius 1 is 1.11 bits per heavy atom. The van der Waals surface area contributed by atoms with E-state index in [1.54, 1.807) is 0 Å². The van der Waals surface area contributed by atoms with E-state index in [9.17, 15) is 0 Å². The van der Waals surface area contributed by atoms with Gasteiger partial charge in [0.2, 0.25) is 0 Å². The molecule has 0 saturated carbocycles. The Balaban J connectivity index is -0.0000000417. The van der Waals surface area contributed by atoms with E-state index in [0.29, 0.717) is 0 Å². The van der Waals surface area contributed by atoms with Gasteiger partial charge in [0.05, 0.1) is 0 Å². The highest BCUT2D eigenvalue weighted by atomic mass is 35.5. The van der Waals surface area contributed by atoms with Crippen molar-refractivity contribution < 1.29 is 11.0 Å². The average Bonchev–Trinajstić information content (AvgIpc) is 1.61. The fourth-order valence-corrected chi connectivity index (χ4v) is 0.500. The predicted octanol–water partition coefficient (Wildman–Crippen LogP) is 0.000400. The first-order valence-corrected chi connectivity index (χ1v) is 2.91. The molecule has 0 aromatic rings. The van der Waals surface area contributed by atoms with Crippen LogP contribution in [-0.4, -0.2) is 18.8 Å². The minimum atomic E-state index is 0. The third kappa shape index (κ3) is 30.4. The van der Waals surface area contributed by atoms with Gasteiger partial charge in [-0.3, -0.25) is 0 Å². The molecule has 4 N–H and O–H groups in total. The lowest BCUT2D eigenvalue weighted by Crippen LogP contribution is -1.69. The van der Waals surface area contributed by atoms with Crippen molar-refractivity contribution in [3.8, 4) is 0 Å². The SMILES string of the molecule is BCCCCC.Cl.O.O. The van der Waals surface area contributed by atoms with Crippen LogP contribution in [0, 0.1) is 0 Å². The molecule has 0 aliphatic rings. The highest BCUT2D eigenvalue weighted by molar-refractivity contribution is 6.08. The highest BCUT2D eigenvalue weighted by Crippen LogP contribution is 1.94. The monoisotopic (exact) mass is 156 g/mol. The maximum Gasteiger partial charge on any atom is 0.101 e. The van der Waals surface area contributed by atoms with Gasteiger partial charge >= 0.3 is 0 Å². The molecule has 0 rings (SSSR count). The highest BCUT2D eigenvalue weighted by Gasteiger charge is 1.75. The first-order chi connectivity index (χ1) is 2.91. The average molecular weight is 156 g/mol. The van der Waals surface area contributed by atoms with Gasteiger partial charge in [-0.15, -0.1) is 12.4 Å². The summed E-state index contributed by atoms with van der Waals surface area (Å²) < 4.78 is 0. The Morgan fingerprint density at radius 2 is 1.56 bits per heavy atom. The lowest BCUT2D eigenvalue weighted by molar-refractivity contribution is 0.771. The standard InChI is InChI=1S/C5H13B.ClH.2H2O/c1-2-3-4-5-6;;;/h2-6H2,1H3;1H;2*1H2. The molecule has 60 valence electrons. The van der Waals surface area contributed by atoms with Crippen molar-refractivity contribution in [1.82, 2.24) is 0 Å². The molecule has 0 atom stereocenters. The molecule has 0 bridgehead atoms. The summed E-state index contributed by atoms with van der Waals surface area (Å²) in [6.07, 6.45) is 5.54. The van der Waals surface area contributed by atoms with E-state index in [0.717, 1.165) is 0 Å². The second-order valence-electron chi connectivity index (χ2n) is 1.71. The van der Waals surface area contributed by atoms with E-state index in [1.165, 1.54) is 25.6 Å². The van der Waals surface area contributed by atoms with Crippen LogP contribution in [0.3, 0.4) is 0 Å². The Morgan fingerprint density at radius 3 is 1.67 bits per heavy atom. The fraction of sp³-hybridized carbons (Fsp3) is 1.00. The quantitative estimate of drug-likeness (QED) is 0.408. The molecule has 0 spiro atoms. The smallest absolute Gasteiger partial charge is 0.101 e. The third-order valence-corrected chi connectivity index (χ3v) is 0.957. The molecule has 0 radical (unpaired) electrons. The molecule has 0 aliphatic carbocycles. The second kappa shape index (κ2) is 24.0. The van der Waals surface area contributed by atoms with E-state index in [-0.39, 0.29) is 23.4 Å². The first kappa shape index (κ1) is 22.8. The van der Waals surface area contributed by atoms with Gasteiger partial charge in [0.1, 0.15) is 7.85 Å². The van der Waals surface area contributed by atoms with Crippen molar-refractivity contribution >= 4 is 20.3 Å². The van der Waals surface area contributed by atoms with Crippen molar-refractivity contribution in [3.63, 3.8) is 0 Å². The number of hydrogen-bond donors (Lipinski definition) is 0. The van der Waals surface area contributed by atoms with E-state index in [4.69, 9.17) is 0 Å². The molecule has 0 amide bonds. The largest absolute Gasteiger partial charge is 0.412 e. The molecule has 0 aliphatic heterocycles. The van der Waals surface area contributed by atoms with Crippen LogP contribution >= 0.6 is 12.4 Å². The molecule has 0 aromatic carbocycles. The van der Waals surface area contributed by atoms with Crippen molar-refractivity contribution in [3.05, 3.63) is 0 Å². The summed E-state index contributed by atoms with van der Waals surface area (Å²) in [7, 11) is 2.23. The van der Waals surface area contributed by atoms with Crippen LogP contribution in [0.25, 0.3) is 0 Å². The van der Waals surface area contributed by atoms with Crippen LogP contribution in [-0.2, 0) is 0 Å².